The highest BCUT2D eigenvalue weighted by molar-refractivity contribution is 6.05. The van der Waals surface area contributed by atoms with Gasteiger partial charge < -0.3 is 20.3 Å². The number of anilines is 2. The van der Waals surface area contributed by atoms with Crippen molar-refractivity contribution in [2.24, 2.45) is 5.11 Å². The Morgan fingerprint density at radius 1 is 1.28 bits per heavy atom. The largest absolute Gasteiger partial charge is 0.381 e. The second-order valence-electron chi connectivity index (χ2n) is 9.75. The van der Waals surface area contributed by atoms with Gasteiger partial charge in [-0.3, -0.25) is 4.79 Å². The fourth-order valence-corrected chi connectivity index (χ4v) is 5.33. The van der Waals surface area contributed by atoms with Crippen LogP contribution in [0.5, 0.6) is 0 Å². The molecule has 0 aliphatic carbocycles. The van der Waals surface area contributed by atoms with Gasteiger partial charge in [-0.05, 0) is 66.6 Å². The maximum Gasteiger partial charge on any atom is 0.254 e. The molecular weight excluding hydrogens is 459 g/mol. The Morgan fingerprint density at radius 3 is 2.97 bits per heavy atom. The van der Waals surface area contributed by atoms with E-state index in [4.69, 9.17) is 9.72 Å². The van der Waals surface area contributed by atoms with Gasteiger partial charge in [0, 0.05) is 25.6 Å². The van der Waals surface area contributed by atoms with Crippen LogP contribution in [0.3, 0.4) is 0 Å². The Hall–Kier alpha value is -3.69. The molecule has 0 spiro atoms. The Bertz CT molecular complexity index is 1370. The van der Waals surface area contributed by atoms with E-state index in [1.165, 1.54) is 17.8 Å². The number of allylic oxidation sites excluding steroid dienone is 2. The fourth-order valence-electron chi connectivity index (χ4n) is 5.33. The molecule has 4 aliphatic heterocycles. The zero-order valence-corrected chi connectivity index (χ0v) is 20.3. The van der Waals surface area contributed by atoms with Gasteiger partial charge in [0.25, 0.3) is 5.91 Å². The van der Waals surface area contributed by atoms with E-state index in [0.717, 1.165) is 48.6 Å². The summed E-state index contributed by atoms with van der Waals surface area (Å²) in [5.41, 5.74) is 6.33. The summed E-state index contributed by atoms with van der Waals surface area (Å²) < 4.78 is 20.9. The molecule has 2 N–H and O–H groups in total. The predicted molar refractivity (Wildman–Crippen MR) is 133 cm³/mol. The third kappa shape index (κ3) is 4.04. The number of pyridine rings is 1. The molecule has 5 heterocycles. The SMILES string of the molecule is CN(C)Cc1nc(Nc2ccc(C3=CN=[N+]4C=C(F)C=CC34)c3c2C(=O)NC3)ccc1[C@@H]1CCOC1. The van der Waals surface area contributed by atoms with Crippen molar-refractivity contribution >= 4 is 23.0 Å². The minimum Gasteiger partial charge on any atom is -0.381 e. The monoisotopic (exact) mass is 487 g/mol. The summed E-state index contributed by atoms with van der Waals surface area (Å²) in [6.45, 7) is 2.65. The number of nitrogens with zero attached hydrogens (tertiary/aromatic N) is 4. The lowest BCUT2D eigenvalue weighted by molar-refractivity contribution is -0.534. The Kier molecular flexibility index (Phi) is 5.73. The zero-order valence-electron chi connectivity index (χ0n) is 20.3. The maximum absolute atomic E-state index is 13.7. The number of amides is 1. The molecule has 0 bridgehead atoms. The molecule has 184 valence electrons. The number of carbonyl (C=O) groups excluding carboxylic acids is 1. The molecule has 0 saturated carbocycles. The van der Waals surface area contributed by atoms with E-state index in [9.17, 15) is 9.18 Å². The number of hydrogen-bond acceptors (Lipinski definition) is 6. The van der Waals surface area contributed by atoms with E-state index >= 15 is 0 Å². The van der Waals surface area contributed by atoms with Crippen molar-refractivity contribution in [3.05, 3.63) is 82.6 Å². The summed E-state index contributed by atoms with van der Waals surface area (Å²) in [7, 11) is 4.06. The number of carbonyl (C=O) groups is 1. The van der Waals surface area contributed by atoms with E-state index < -0.39 is 0 Å². The summed E-state index contributed by atoms with van der Waals surface area (Å²) >= 11 is 0. The number of azo groups is 2. The van der Waals surface area contributed by atoms with Crippen LogP contribution in [0.15, 0.2) is 59.8 Å². The summed E-state index contributed by atoms with van der Waals surface area (Å²) in [4.78, 5) is 19.9. The van der Waals surface area contributed by atoms with Gasteiger partial charge in [-0.25, -0.2) is 9.37 Å². The fraction of sp³-hybridized carbons (Fsp3) is 0.333. The van der Waals surface area contributed by atoms with Gasteiger partial charge in [-0.15, -0.1) is 0 Å². The molecule has 4 aliphatic rings. The van der Waals surface area contributed by atoms with Crippen LogP contribution >= 0.6 is 0 Å². The molecule has 1 unspecified atom stereocenters. The van der Waals surface area contributed by atoms with E-state index in [1.54, 1.807) is 17.0 Å². The van der Waals surface area contributed by atoms with Crippen molar-refractivity contribution in [3.8, 4) is 0 Å². The first-order valence-corrected chi connectivity index (χ1v) is 12.2. The van der Waals surface area contributed by atoms with Crippen molar-refractivity contribution in [2.45, 2.75) is 31.5 Å². The molecule has 0 radical (unpaired) electrons. The van der Waals surface area contributed by atoms with Crippen molar-refractivity contribution in [2.75, 3.05) is 32.6 Å². The summed E-state index contributed by atoms with van der Waals surface area (Å²) in [5, 5.41) is 10.7. The predicted octanol–water partition coefficient (Wildman–Crippen LogP) is 4.20. The summed E-state index contributed by atoms with van der Waals surface area (Å²) in [6.07, 6.45) is 7.37. The van der Waals surface area contributed by atoms with Gasteiger partial charge in [0.1, 0.15) is 12.0 Å². The Morgan fingerprint density at radius 2 is 2.17 bits per heavy atom. The van der Waals surface area contributed by atoms with Gasteiger partial charge in [0.15, 0.2) is 5.83 Å². The van der Waals surface area contributed by atoms with Crippen LogP contribution in [0, 0.1) is 0 Å². The van der Waals surface area contributed by atoms with Gasteiger partial charge in [-0.1, -0.05) is 16.8 Å². The zero-order chi connectivity index (χ0) is 24.8. The lowest BCUT2D eigenvalue weighted by Crippen LogP contribution is -2.19. The van der Waals surface area contributed by atoms with E-state index in [1.807, 2.05) is 32.3 Å². The van der Waals surface area contributed by atoms with Crippen LogP contribution in [0.2, 0.25) is 0 Å². The van der Waals surface area contributed by atoms with Crippen molar-refractivity contribution in [1.29, 1.82) is 0 Å². The second kappa shape index (κ2) is 9.07. The number of halogens is 1. The van der Waals surface area contributed by atoms with Gasteiger partial charge >= 0.3 is 0 Å². The Labute approximate surface area is 208 Å². The average Bonchev–Trinajstić information content (AvgIpc) is 3.60. The number of ether oxygens (including phenoxy) is 1. The molecule has 2 aromatic rings. The summed E-state index contributed by atoms with van der Waals surface area (Å²) in [5.74, 6) is 0.595. The number of benzene rings is 1. The topological polar surface area (TPSA) is 81.9 Å². The molecule has 1 aromatic carbocycles. The van der Waals surface area contributed by atoms with E-state index in [-0.39, 0.29) is 17.8 Å². The molecule has 1 amide bonds. The lowest BCUT2D eigenvalue weighted by Gasteiger charge is -2.19. The molecule has 8 nitrogen and oxygen atoms in total. The number of rotatable bonds is 6. The van der Waals surface area contributed by atoms with Crippen LogP contribution in [-0.4, -0.2) is 53.8 Å². The first-order valence-electron chi connectivity index (χ1n) is 12.2. The van der Waals surface area contributed by atoms with Gasteiger partial charge in [0.2, 0.25) is 12.2 Å². The third-order valence-corrected chi connectivity index (χ3v) is 7.01. The molecule has 6 rings (SSSR count). The van der Waals surface area contributed by atoms with Crippen molar-refractivity contribution in [1.82, 2.24) is 15.2 Å². The molecular formula is C27H28FN6O2+. The Balaban J connectivity index is 1.33. The van der Waals surface area contributed by atoms with Gasteiger partial charge in [-0.2, -0.15) is 0 Å². The number of aromatic nitrogens is 1. The minimum atomic E-state index is -0.334. The molecule has 1 fully saturated rings. The number of nitrogens with one attached hydrogen (secondary N) is 2. The first-order chi connectivity index (χ1) is 17.5. The van der Waals surface area contributed by atoms with Crippen LogP contribution in [0.1, 0.15) is 45.1 Å². The van der Waals surface area contributed by atoms with Crippen LogP contribution in [0.4, 0.5) is 15.9 Å². The molecule has 2 atom stereocenters. The second-order valence-corrected chi connectivity index (χ2v) is 9.75. The standard InChI is InChI=1S/C27H27FN6O2/c1-33(2)14-23-18(16-9-10-36-15-16)5-8-25(32-23)31-22-6-4-19(21-11-29-27(35)26(21)22)20-12-30-34-13-17(28)3-7-24(20)34/h3-8,12-13,16,24H,9-11,14-15H2,1-2H3,(H,29,35)/p+1/t16-,24?/m1/s1. The maximum atomic E-state index is 13.7. The highest BCUT2D eigenvalue weighted by Gasteiger charge is 2.36. The molecule has 9 heteroatoms. The van der Waals surface area contributed by atoms with Crippen LogP contribution < -0.4 is 10.6 Å². The number of hydrogen-bond donors (Lipinski definition) is 2. The van der Waals surface area contributed by atoms with E-state index in [0.29, 0.717) is 29.5 Å². The molecule has 1 aromatic heterocycles. The van der Waals surface area contributed by atoms with Gasteiger partial charge in [0.05, 0.1) is 29.1 Å². The quantitative estimate of drug-likeness (QED) is 0.597. The van der Waals surface area contributed by atoms with E-state index in [2.05, 4.69) is 26.7 Å². The third-order valence-electron chi connectivity index (χ3n) is 7.01. The molecule has 36 heavy (non-hydrogen) atoms. The van der Waals surface area contributed by atoms with Crippen LogP contribution in [-0.2, 0) is 17.8 Å². The normalized spacial score (nSPS) is 22.2. The smallest absolute Gasteiger partial charge is 0.254 e. The highest BCUT2D eigenvalue weighted by Crippen LogP contribution is 2.38. The summed E-state index contributed by atoms with van der Waals surface area (Å²) in [6, 6.07) is 7.83. The lowest BCUT2D eigenvalue weighted by atomic mass is 9.91. The molecule has 1 saturated heterocycles. The average molecular weight is 488 g/mol. The van der Waals surface area contributed by atoms with Crippen molar-refractivity contribution in [3.63, 3.8) is 0 Å². The van der Waals surface area contributed by atoms with Crippen LogP contribution in [0.25, 0.3) is 5.57 Å². The highest BCUT2D eigenvalue weighted by atomic mass is 19.1. The minimum absolute atomic E-state index is 0.125. The van der Waals surface area contributed by atoms with Crippen molar-refractivity contribution < 1.29 is 18.6 Å². The number of fused-ring (bicyclic) bond motifs is 2. The first kappa shape index (κ1) is 22.8.